The number of methoxy groups -OCH3 is 1. The molecule has 0 fully saturated rings. The van der Waals surface area contributed by atoms with Gasteiger partial charge in [-0.05, 0) is 29.7 Å². The van der Waals surface area contributed by atoms with Gasteiger partial charge in [-0.3, -0.25) is 4.79 Å². The fraction of sp³-hybridized carbons (Fsp3) is 0.278. The highest BCUT2D eigenvalue weighted by Gasteiger charge is 2.14. The van der Waals surface area contributed by atoms with Crippen LogP contribution in [0.2, 0.25) is 0 Å². The van der Waals surface area contributed by atoms with E-state index < -0.39 is 0 Å². The summed E-state index contributed by atoms with van der Waals surface area (Å²) >= 11 is 0. The van der Waals surface area contributed by atoms with E-state index in [4.69, 9.17) is 4.74 Å². The Labute approximate surface area is 130 Å². The molecule has 0 amide bonds. The smallest absolute Gasteiger partial charge is 0.307 e. The summed E-state index contributed by atoms with van der Waals surface area (Å²) < 4.78 is 17.7. The summed E-state index contributed by atoms with van der Waals surface area (Å²) in [6, 6.07) is 16.3. The molecule has 0 aromatic heterocycles. The molecule has 116 valence electrons. The zero-order valence-corrected chi connectivity index (χ0v) is 12.6. The van der Waals surface area contributed by atoms with Gasteiger partial charge in [0.25, 0.3) is 0 Å². The van der Waals surface area contributed by atoms with Crippen LogP contribution >= 0.6 is 0 Å². The minimum absolute atomic E-state index is 0.0573. The van der Waals surface area contributed by atoms with Crippen LogP contribution in [0.1, 0.15) is 17.5 Å². The van der Waals surface area contributed by atoms with Crippen molar-refractivity contribution < 1.29 is 13.9 Å². The third-order valence-corrected chi connectivity index (χ3v) is 3.47. The first-order chi connectivity index (χ1) is 10.7. The Morgan fingerprint density at radius 2 is 1.77 bits per heavy atom. The number of rotatable bonds is 7. The summed E-state index contributed by atoms with van der Waals surface area (Å²) in [4.78, 5) is 11.6. The van der Waals surface area contributed by atoms with E-state index in [0.717, 1.165) is 11.1 Å². The fourth-order valence-electron chi connectivity index (χ4n) is 2.26. The van der Waals surface area contributed by atoms with Crippen molar-refractivity contribution in [3.8, 4) is 0 Å². The summed E-state index contributed by atoms with van der Waals surface area (Å²) in [7, 11) is 1.38. The number of hydrogen-bond acceptors (Lipinski definition) is 3. The molecule has 0 aliphatic carbocycles. The molecule has 0 bridgehead atoms. The van der Waals surface area contributed by atoms with Crippen molar-refractivity contribution in [1.29, 1.82) is 0 Å². The van der Waals surface area contributed by atoms with E-state index in [0.29, 0.717) is 13.0 Å². The molecule has 1 unspecified atom stereocenters. The average Bonchev–Trinajstić information content (AvgIpc) is 2.55. The fourth-order valence-corrected chi connectivity index (χ4v) is 2.26. The molecule has 0 aliphatic rings. The SMILES string of the molecule is COC(=O)CC(Cc1ccc(F)cc1)NCc1ccccc1. The summed E-state index contributed by atoms with van der Waals surface area (Å²) in [6.45, 7) is 0.670. The molecule has 0 spiro atoms. The van der Waals surface area contributed by atoms with Gasteiger partial charge >= 0.3 is 5.97 Å². The quantitative estimate of drug-likeness (QED) is 0.799. The van der Waals surface area contributed by atoms with Gasteiger partial charge in [0.05, 0.1) is 13.5 Å². The van der Waals surface area contributed by atoms with Crippen molar-refractivity contribution in [2.75, 3.05) is 7.11 Å². The Kier molecular flexibility index (Phi) is 6.10. The Morgan fingerprint density at radius 3 is 2.41 bits per heavy atom. The molecule has 3 nitrogen and oxygen atoms in total. The van der Waals surface area contributed by atoms with Crippen LogP contribution in [-0.4, -0.2) is 19.1 Å². The molecular weight excluding hydrogens is 281 g/mol. The van der Waals surface area contributed by atoms with E-state index in [1.807, 2.05) is 30.3 Å². The van der Waals surface area contributed by atoms with Crippen molar-refractivity contribution in [1.82, 2.24) is 5.32 Å². The molecule has 0 aliphatic heterocycles. The Hall–Kier alpha value is -2.20. The minimum Gasteiger partial charge on any atom is -0.469 e. The Bertz CT molecular complexity index is 584. The maximum atomic E-state index is 13.0. The largest absolute Gasteiger partial charge is 0.469 e. The third kappa shape index (κ3) is 5.30. The van der Waals surface area contributed by atoms with E-state index in [1.54, 1.807) is 12.1 Å². The maximum Gasteiger partial charge on any atom is 0.307 e. The lowest BCUT2D eigenvalue weighted by molar-refractivity contribution is -0.141. The predicted octanol–water partition coefficient (Wildman–Crippen LogP) is 3.09. The van der Waals surface area contributed by atoms with Crippen molar-refractivity contribution in [3.05, 3.63) is 71.5 Å². The van der Waals surface area contributed by atoms with Crippen molar-refractivity contribution in [2.24, 2.45) is 0 Å². The van der Waals surface area contributed by atoms with Crippen molar-refractivity contribution in [3.63, 3.8) is 0 Å². The van der Waals surface area contributed by atoms with Gasteiger partial charge in [0.1, 0.15) is 5.82 Å². The second-order valence-electron chi connectivity index (χ2n) is 5.17. The van der Waals surface area contributed by atoms with Gasteiger partial charge in [-0.15, -0.1) is 0 Å². The standard InChI is InChI=1S/C18H20FNO2/c1-22-18(21)12-17(11-14-7-9-16(19)10-8-14)20-13-15-5-3-2-4-6-15/h2-10,17,20H,11-13H2,1H3. The lowest BCUT2D eigenvalue weighted by atomic mass is 10.0. The Morgan fingerprint density at radius 1 is 1.09 bits per heavy atom. The zero-order chi connectivity index (χ0) is 15.8. The molecule has 1 atom stereocenters. The molecule has 0 saturated heterocycles. The normalized spacial score (nSPS) is 11.9. The molecule has 22 heavy (non-hydrogen) atoms. The predicted molar refractivity (Wildman–Crippen MR) is 83.8 cm³/mol. The number of carbonyl (C=O) groups is 1. The monoisotopic (exact) mass is 301 g/mol. The first kappa shape index (κ1) is 16.2. The van der Waals surface area contributed by atoms with E-state index >= 15 is 0 Å². The summed E-state index contributed by atoms with van der Waals surface area (Å²) in [5.74, 6) is -0.516. The van der Waals surface area contributed by atoms with Gasteiger partial charge in [-0.2, -0.15) is 0 Å². The van der Waals surface area contributed by atoms with Crippen LogP contribution in [0.4, 0.5) is 4.39 Å². The van der Waals surface area contributed by atoms with Crippen LogP contribution in [0.5, 0.6) is 0 Å². The second-order valence-corrected chi connectivity index (χ2v) is 5.17. The van der Waals surface area contributed by atoms with E-state index in [-0.39, 0.29) is 24.2 Å². The number of benzene rings is 2. The van der Waals surface area contributed by atoms with Crippen LogP contribution in [0.25, 0.3) is 0 Å². The van der Waals surface area contributed by atoms with Crippen LogP contribution in [-0.2, 0) is 22.5 Å². The maximum absolute atomic E-state index is 13.0. The molecule has 0 heterocycles. The van der Waals surface area contributed by atoms with Crippen LogP contribution < -0.4 is 5.32 Å². The molecule has 0 radical (unpaired) electrons. The van der Waals surface area contributed by atoms with Crippen LogP contribution in [0, 0.1) is 5.82 Å². The van der Waals surface area contributed by atoms with Crippen molar-refractivity contribution >= 4 is 5.97 Å². The number of esters is 1. The van der Waals surface area contributed by atoms with Crippen LogP contribution in [0.15, 0.2) is 54.6 Å². The van der Waals surface area contributed by atoms with E-state index in [9.17, 15) is 9.18 Å². The zero-order valence-electron chi connectivity index (χ0n) is 12.6. The molecule has 0 saturated carbocycles. The molecule has 2 aromatic carbocycles. The van der Waals surface area contributed by atoms with Gasteiger partial charge < -0.3 is 10.1 Å². The second kappa shape index (κ2) is 8.29. The topological polar surface area (TPSA) is 38.3 Å². The number of carbonyl (C=O) groups excluding carboxylic acids is 1. The summed E-state index contributed by atoms with van der Waals surface area (Å²) in [5, 5.41) is 3.37. The van der Waals surface area contributed by atoms with Gasteiger partial charge in [0.2, 0.25) is 0 Å². The third-order valence-electron chi connectivity index (χ3n) is 3.47. The molecule has 1 N–H and O–H groups in total. The minimum atomic E-state index is -0.259. The first-order valence-corrected chi connectivity index (χ1v) is 7.26. The van der Waals surface area contributed by atoms with E-state index in [2.05, 4.69) is 5.32 Å². The lowest BCUT2D eigenvalue weighted by Crippen LogP contribution is -2.33. The number of nitrogens with one attached hydrogen (secondary N) is 1. The average molecular weight is 301 g/mol. The van der Waals surface area contributed by atoms with Gasteiger partial charge in [-0.25, -0.2) is 4.39 Å². The number of hydrogen-bond donors (Lipinski definition) is 1. The molecular formula is C18H20FNO2. The lowest BCUT2D eigenvalue weighted by Gasteiger charge is -2.18. The van der Waals surface area contributed by atoms with Gasteiger partial charge in [0.15, 0.2) is 0 Å². The molecule has 4 heteroatoms. The number of halogens is 1. The highest BCUT2D eigenvalue weighted by molar-refractivity contribution is 5.70. The highest BCUT2D eigenvalue weighted by Crippen LogP contribution is 2.09. The number of ether oxygens (including phenoxy) is 1. The van der Waals surface area contributed by atoms with Crippen LogP contribution in [0.3, 0.4) is 0 Å². The summed E-state index contributed by atoms with van der Waals surface area (Å²) in [6.07, 6.45) is 0.920. The molecule has 2 aromatic rings. The highest BCUT2D eigenvalue weighted by atomic mass is 19.1. The Balaban J connectivity index is 1.98. The van der Waals surface area contributed by atoms with E-state index in [1.165, 1.54) is 19.2 Å². The molecule has 2 rings (SSSR count). The van der Waals surface area contributed by atoms with Crippen molar-refractivity contribution in [2.45, 2.75) is 25.4 Å². The first-order valence-electron chi connectivity index (χ1n) is 7.26. The summed E-state index contributed by atoms with van der Waals surface area (Å²) in [5.41, 5.74) is 2.13. The van der Waals surface area contributed by atoms with Gasteiger partial charge in [0, 0.05) is 12.6 Å². The van der Waals surface area contributed by atoms with Gasteiger partial charge in [-0.1, -0.05) is 42.5 Å².